The molecule has 0 amide bonds. The molecule has 0 radical (unpaired) electrons. The van der Waals surface area contributed by atoms with E-state index in [2.05, 4.69) is 31.2 Å². The molecule has 5 nitrogen and oxygen atoms in total. The normalized spacial score (nSPS) is 15.2. The molecule has 3 N–H and O–H groups in total. The zero-order chi connectivity index (χ0) is 23.6. The summed E-state index contributed by atoms with van der Waals surface area (Å²) in [6.07, 6.45) is 25.5. The second kappa shape index (κ2) is 17.1. The van der Waals surface area contributed by atoms with Crippen LogP contribution in [0.4, 0.5) is 0 Å². The van der Waals surface area contributed by atoms with E-state index in [1.165, 1.54) is 64.2 Å². The first-order chi connectivity index (χ1) is 14.5. The Morgan fingerprint density at radius 1 is 0.710 bits per heavy atom. The Kier molecular flexibility index (Phi) is 16.8. The van der Waals surface area contributed by atoms with Crippen LogP contribution in [0.25, 0.3) is 0 Å². The van der Waals surface area contributed by atoms with Gasteiger partial charge in [-0.2, -0.15) is 0 Å². The summed E-state index contributed by atoms with van der Waals surface area (Å²) in [5, 5.41) is 8.58. The highest BCUT2D eigenvalue weighted by Gasteiger charge is 2.48. The minimum Gasteiger partial charge on any atom is -0.373 e. The third-order valence-corrected chi connectivity index (χ3v) is 6.97. The van der Waals surface area contributed by atoms with Crippen LogP contribution in [0.3, 0.4) is 0 Å². The fraction of sp³-hybridized carbons (Fsp3) is 0.840. The van der Waals surface area contributed by atoms with Gasteiger partial charge in [-0.1, -0.05) is 63.3 Å². The van der Waals surface area contributed by atoms with Crippen molar-refractivity contribution in [2.75, 3.05) is 27.7 Å². The molecule has 0 aromatic carbocycles. The van der Waals surface area contributed by atoms with Crippen molar-refractivity contribution in [2.24, 2.45) is 0 Å². The molecule has 0 fully saturated rings. The maximum Gasteiger partial charge on any atom is 0.362 e. The molecule has 1 unspecified atom stereocenters. The van der Waals surface area contributed by atoms with Crippen molar-refractivity contribution in [3.05, 3.63) is 24.3 Å². The number of hydrogen-bond donors (Lipinski definition) is 3. The van der Waals surface area contributed by atoms with E-state index in [0.29, 0.717) is 10.9 Å². The Hall–Kier alpha value is -0.450. The second-order valence-corrected chi connectivity index (χ2v) is 11.9. The van der Waals surface area contributed by atoms with Crippen LogP contribution in [0.5, 0.6) is 0 Å². The molecular weight excluding hydrogens is 409 g/mol. The summed E-state index contributed by atoms with van der Waals surface area (Å²) in [5.41, 5.74) is 0. The van der Waals surface area contributed by atoms with Crippen molar-refractivity contribution >= 4 is 7.60 Å². The number of likely N-dealkylation sites (N-methyl/N-ethyl adjacent to an activating group) is 1. The quantitative estimate of drug-likeness (QED) is 0.0834. The van der Waals surface area contributed by atoms with Gasteiger partial charge in [0.05, 0.1) is 21.1 Å². The molecule has 31 heavy (non-hydrogen) atoms. The van der Waals surface area contributed by atoms with E-state index in [4.69, 9.17) is 0 Å². The minimum atomic E-state index is -4.56. The van der Waals surface area contributed by atoms with Crippen LogP contribution in [0, 0.1) is 0 Å². The largest absolute Gasteiger partial charge is 0.373 e. The lowest BCUT2D eigenvalue weighted by atomic mass is 10.1. The van der Waals surface area contributed by atoms with Gasteiger partial charge in [0.25, 0.3) is 0 Å². The van der Waals surface area contributed by atoms with E-state index in [0.717, 1.165) is 19.3 Å². The number of hydrogen-bond acceptors (Lipinski definition) is 2. The van der Waals surface area contributed by atoms with E-state index in [1.807, 2.05) is 21.1 Å². The van der Waals surface area contributed by atoms with Crippen molar-refractivity contribution in [3.8, 4) is 0 Å². The Morgan fingerprint density at radius 3 is 1.48 bits per heavy atom. The van der Waals surface area contributed by atoms with Gasteiger partial charge in [-0.15, -0.1) is 0 Å². The molecular formula is C25H51NO4P+. The summed E-state index contributed by atoms with van der Waals surface area (Å²) in [6.45, 7) is 2.30. The fourth-order valence-electron chi connectivity index (χ4n) is 3.79. The number of rotatable bonds is 20. The van der Waals surface area contributed by atoms with Gasteiger partial charge in [-0.05, 0) is 64.2 Å². The van der Waals surface area contributed by atoms with Crippen LogP contribution in [0.1, 0.15) is 103 Å². The summed E-state index contributed by atoms with van der Waals surface area (Å²) in [5.74, 6) is 0. The lowest BCUT2D eigenvalue weighted by molar-refractivity contribution is -0.875. The van der Waals surface area contributed by atoms with Gasteiger partial charge >= 0.3 is 7.60 Å². The van der Waals surface area contributed by atoms with Gasteiger partial charge < -0.3 is 19.4 Å². The second-order valence-electron chi connectivity index (χ2n) is 10.0. The summed E-state index contributed by atoms with van der Waals surface area (Å²) < 4.78 is 12.1. The van der Waals surface area contributed by atoms with E-state index in [1.54, 1.807) is 0 Å². The Bertz CT molecular complexity index is 536. The average molecular weight is 461 g/mol. The molecule has 0 aromatic rings. The highest BCUT2D eigenvalue weighted by atomic mass is 31.2. The van der Waals surface area contributed by atoms with Gasteiger partial charge in [0.15, 0.2) is 0 Å². The van der Waals surface area contributed by atoms with Crippen molar-refractivity contribution in [2.45, 2.75) is 109 Å². The minimum absolute atomic E-state index is 0.0429. The number of quaternary nitrogens is 1. The highest BCUT2D eigenvalue weighted by Crippen LogP contribution is 2.52. The van der Waals surface area contributed by atoms with Crippen LogP contribution in [-0.4, -0.2) is 52.4 Å². The Labute approximate surface area is 192 Å². The molecule has 0 saturated heterocycles. The van der Waals surface area contributed by atoms with Crippen molar-refractivity contribution < 1.29 is 23.9 Å². The first-order valence-corrected chi connectivity index (χ1v) is 14.0. The summed E-state index contributed by atoms with van der Waals surface area (Å²) in [6, 6.07) is 0. The van der Waals surface area contributed by atoms with Crippen LogP contribution in [-0.2, 0) is 4.57 Å². The summed E-state index contributed by atoms with van der Waals surface area (Å²) in [7, 11) is 0.926. The zero-order valence-corrected chi connectivity index (χ0v) is 21.7. The predicted molar refractivity (Wildman–Crippen MR) is 133 cm³/mol. The van der Waals surface area contributed by atoms with Gasteiger partial charge in [0.2, 0.25) is 5.34 Å². The summed E-state index contributed by atoms with van der Waals surface area (Å²) >= 11 is 0. The maximum absolute atomic E-state index is 11.8. The number of allylic oxidation sites excluding steroid dienone is 4. The molecule has 184 valence electrons. The molecule has 0 heterocycles. The number of nitrogens with zero attached hydrogens (tertiary/aromatic N) is 1. The average Bonchev–Trinajstić information content (AvgIpc) is 2.65. The number of unbranched alkanes of at least 4 members (excludes halogenated alkanes) is 11. The van der Waals surface area contributed by atoms with E-state index in [9.17, 15) is 19.5 Å². The van der Waals surface area contributed by atoms with Gasteiger partial charge in [0, 0.05) is 0 Å². The molecule has 0 aliphatic rings. The SMILES string of the molecule is CCCCCCC/C=C\CCCCC/C=C\CCCCC(O)(C[N+](C)(C)C)P(=O)(O)O. The molecule has 0 rings (SSSR count). The molecule has 0 saturated carbocycles. The molecule has 0 aromatic heterocycles. The van der Waals surface area contributed by atoms with E-state index >= 15 is 0 Å². The molecule has 0 aliphatic carbocycles. The van der Waals surface area contributed by atoms with Crippen LogP contribution in [0.15, 0.2) is 24.3 Å². The van der Waals surface area contributed by atoms with Gasteiger partial charge in [0.1, 0.15) is 6.54 Å². The van der Waals surface area contributed by atoms with Crippen LogP contribution < -0.4 is 0 Å². The molecule has 6 heteroatoms. The smallest absolute Gasteiger partial charge is 0.362 e. The third-order valence-electron chi connectivity index (χ3n) is 5.52. The maximum atomic E-state index is 11.8. The highest BCUT2D eigenvalue weighted by molar-refractivity contribution is 7.53. The molecule has 0 spiro atoms. The monoisotopic (exact) mass is 460 g/mol. The van der Waals surface area contributed by atoms with E-state index in [-0.39, 0.29) is 13.0 Å². The third kappa shape index (κ3) is 17.7. The Morgan fingerprint density at radius 2 is 1.10 bits per heavy atom. The van der Waals surface area contributed by atoms with Crippen molar-refractivity contribution in [3.63, 3.8) is 0 Å². The van der Waals surface area contributed by atoms with Gasteiger partial charge in [-0.25, -0.2) is 0 Å². The lowest BCUT2D eigenvalue weighted by Crippen LogP contribution is -2.49. The fourth-order valence-corrected chi connectivity index (χ4v) is 4.84. The summed E-state index contributed by atoms with van der Waals surface area (Å²) in [4.78, 5) is 19.2. The van der Waals surface area contributed by atoms with E-state index < -0.39 is 12.9 Å². The molecule has 0 aliphatic heterocycles. The first-order valence-electron chi connectivity index (χ1n) is 12.4. The van der Waals surface area contributed by atoms with Crippen LogP contribution >= 0.6 is 7.60 Å². The number of aliphatic hydroxyl groups is 1. The first kappa shape index (κ1) is 30.6. The topological polar surface area (TPSA) is 77.8 Å². The Balaban J connectivity index is 3.74. The lowest BCUT2D eigenvalue weighted by Gasteiger charge is -2.35. The van der Waals surface area contributed by atoms with Crippen molar-refractivity contribution in [1.82, 2.24) is 0 Å². The predicted octanol–water partition coefficient (Wildman–Crippen LogP) is 6.54. The van der Waals surface area contributed by atoms with Crippen LogP contribution in [0.2, 0.25) is 0 Å². The van der Waals surface area contributed by atoms with Gasteiger partial charge in [-0.3, -0.25) is 4.57 Å². The standard InChI is InChI=1S/C25H50NO4P/c1-5-6-7-8-9-10-11-12-13-14-15-16-17-18-19-20-21-22-23-25(27,31(28,29)30)24-26(2,3)4/h11-12,18-19,27H,5-10,13-17,20-24H2,1-4H3,(H-,28,29,30)/p+1/b12-11-,19-18-. The molecule has 0 bridgehead atoms. The molecule has 1 atom stereocenters. The zero-order valence-electron chi connectivity index (χ0n) is 20.8. The van der Waals surface area contributed by atoms with Crippen molar-refractivity contribution in [1.29, 1.82) is 0 Å².